The lowest BCUT2D eigenvalue weighted by Gasteiger charge is -2.39. The molecule has 0 heterocycles. The summed E-state index contributed by atoms with van der Waals surface area (Å²) in [5.74, 6) is 0. The van der Waals surface area contributed by atoms with Gasteiger partial charge in [0.2, 0.25) is 0 Å². The molecule has 110 valence electrons. The smallest absolute Gasteiger partial charge is 0.116 e. The molecule has 0 saturated carbocycles. The van der Waals surface area contributed by atoms with Crippen molar-refractivity contribution in [3.63, 3.8) is 0 Å². The van der Waals surface area contributed by atoms with Gasteiger partial charge in [0.1, 0.15) is 5.60 Å². The average Bonchev–Trinajstić information content (AvgIpc) is 2.26. The van der Waals surface area contributed by atoms with Gasteiger partial charge < -0.3 is 15.3 Å². The Kier molecular flexibility index (Phi) is 8.08. The number of hydrogen-bond acceptors (Lipinski definition) is 3. The van der Waals surface area contributed by atoms with Crippen molar-refractivity contribution in [2.45, 2.75) is 96.4 Å². The maximum Gasteiger partial charge on any atom is 0.116 e. The topological polar surface area (TPSA) is 60.7 Å². The quantitative estimate of drug-likeness (QED) is 0.529. The number of unbranched alkanes of at least 4 members (excludes halogenated alkanes) is 6. The highest BCUT2D eigenvalue weighted by Crippen LogP contribution is 2.27. The third kappa shape index (κ3) is 6.17. The summed E-state index contributed by atoms with van der Waals surface area (Å²) in [6.07, 6.45) is 7.97. The third-order valence-electron chi connectivity index (χ3n) is 3.97. The van der Waals surface area contributed by atoms with Crippen LogP contribution < -0.4 is 0 Å². The van der Waals surface area contributed by atoms with E-state index in [1.54, 1.807) is 0 Å². The molecule has 3 heteroatoms. The van der Waals surface area contributed by atoms with Crippen LogP contribution in [-0.4, -0.2) is 32.6 Å². The van der Waals surface area contributed by atoms with Gasteiger partial charge in [-0.05, 0) is 27.2 Å². The van der Waals surface area contributed by atoms with Crippen molar-refractivity contribution in [2.75, 3.05) is 0 Å². The van der Waals surface area contributed by atoms with Crippen LogP contribution in [0.15, 0.2) is 0 Å². The Morgan fingerprint density at radius 2 is 1.28 bits per heavy atom. The summed E-state index contributed by atoms with van der Waals surface area (Å²) in [5.41, 5.74) is -2.73. The molecule has 0 aliphatic rings. The van der Waals surface area contributed by atoms with Gasteiger partial charge in [0.15, 0.2) is 0 Å². The zero-order chi connectivity index (χ0) is 14.2. The number of aliphatic hydroxyl groups is 3. The lowest BCUT2D eigenvalue weighted by atomic mass is 9.81. The van der Waals surface area contributed by atoms with Gasteiger partial charge >= 0.3 is 0 Å². The Bertz CT molecular complexity index is 206. The molecule has 0 amide bonds. The van der Waals surface area contributed by atoms with Crippen molar-refractivity contribution in [3.05, 3.63) is 0 Å². The predicted molar refractivity (Wildman–Crippen MR) is 75.5 cm³/mol. The van der Waals surface area contributed by atoms with Crippen LogP contribution in [0.3, 0.4) is 0 Å². The molecule has 0 bridgehead atoms. The van der Waals surface area contributed by atoms with E-state index in [9.17, 15) is 15.3 Å². The minimum atomic E-state index is -1.45. The second-order valence-electron chi connectivity index (χ2n) is 6.13. The zero-order valence-electron chi connectivity index (χ0n) is 12.6. The molecule has 0 rings (SSSR count). The first-order chi connectivity index (χ1) is 8.23. The highest BCUT2D eigenvalue weighted by molar-refractivity contribution is 4.95. The molecule has 0 radical (unpaired) electrons. The molecule has 2 unspecified atom stereocenters. The maximum absolute atomic E-state index is 10.1. The van der Waals surface area contributed by atoms with Crippen molar-refractivity contribution < 1.29 is 15.3 Å². The normalized spacial score (nSPS) is 17.5. The van der Waals surface area contributed by atoms with Crippen LogP contribution in [0.5, 0.6) is 0 Å². The first-order valence-electron chi connectivity index (χ1n) is 7.36. The number of aliphatic hydroxyl groups excluding tert-OH is 1. The SMILES string of the molecule is CCCCCCCCCC(O)C(C)(O)C(C)(C)O. The highest BCUT2D eigenvalue weighted by Gasteiger charge is 2.43. The van der Waals surface area contributed by atoms with Crippen LogP contribution >= 0.6 is 0 Å². The van der Waals surface area contributed by atoms with E-state index >= 15 is 0 Å². The van der Waals surface area contributed by atoms with E-state index in [4.69, 9.17) is 0 Å². The molecule has 2 atom stereocenters. The molecular formula is C15H32O3. The Morgan fingerprint density at radius 3 is 1.72 bits per heavy atom. The van der Waals surface area contributed by atoms with Gasteiger partial charge in [-0.15, -0.1) is 0 Å². The van der Waals surface area contributed by atoms with Crippen LogP contribution in [0.25, 0.3) is 0 Å². The molecule has 0 aromatic rings. The molecule has 18 heavy (non-hydrogen) atoms. The molecule has 0 spiro atoms. The molecule has 0 aliphatic heterocycles. The summed E-state index contributed by atoms with van der Waals surface area (Å²) < 4.78 is 0. The maximum atomic E-state index is 10.1. The molecule has 0 aliphatic carbocycles. The fourth-order valence-electron chi connectivity index (χ4n) is 1.98. The van der Waals surface area contributed by atoms with Crippen LogP contribution in [0.1, 0.15) is 79.1 Å². The Hall–Kier alpha value is -0.120. The minimum Gasteiger partial charge on any atom is -0.390 e. The van der Waals surface area contributed by atoms with Crippen LogP contribution in [-0.2, 0) is 0 Å². The molecular weight excluding hydrogens is 228 g/mol. The number of rotatable bonds is 10. The molecule has 0 aromatic carbocycles. The lowest BCUT2D eigenvalue weighted by Crippen LogP contribution is -2.55. The van der Waals surface area contributed by atoms with Crippen molar-refractivity contribution in [1.29, 1.82) is 0 Å². The summed E-state index contributed by atoms with van der Waals surface area (Å²) in [5, 5.41) is 29.8. The van der Waals surface area contributed by atoms with Gasteiger partial charge in [0.25, 0.3) is 0 Å². The zero-order valence-corrected chi connectivity index (χ0v) is 12.6. The summed E-state index contributed by atoms with van der Waals surface area (Å²) in [6, 6.07) is 0. The first-order valence-corrected chi connectivity index (χ1v) is 7.36. The van der Waals surface area contributed by atoms with Gasteiger partial charge in [0.05, 0.1) is 11.7 Å². The van der Waals surface area contributed by atoms with Crippen molar-refractivity contribution in [1.82, 2.24) is 0 Å². The van der Waals surface area contributed by atoms with Crippen molar-refractivity contribution in [3.8, 4) is 0 Å². The van der Waals surface area contributed by atoms with Crippen molar-refractivity contribution >= 4 is 0 Å². The second kappa shape index (κ2) is 8.13. The van der Waals surface area contributed by atoms with Crippen LogP contribution in [0.4, 0.5) is 0 Å². The molecule has 0 aromatic heterocycles. The van der Waals surface area contributed by atoms with Gasteiger partial charge in [-0.2, -0.15) is 0 Å². The summed E-state index contributed by atoms with van der Waals surface area (Å²) >= 11 is 0. The fraction of sp³-hybridized carbons (Fsp3) is 1.00. The van der Waals surface area contributed by atoms with E-state index in [0.29, 0.717) is 6.42 Å². The van der Waals surface area contributed by atoms with E-state index in [1.807, 2.05) is 0 Å². The van der Waals surface area contributed by atoms with E-state index in [2.05, 4.69) is 6.92 Å². The van der Waals surface area contributed by atoms with Crippen molar-refractivity contribution in [2.24, 2.45) is 0 Å². The highest BCUT2D eigenvalue weighted by atomic mass is 16.4. The predicted octanol–water partition coefficient (Wildman–Crippen LogP) is 3.01. The first kappa shape index (κ1) is 17.9. The Morgan fingerprint density at radius 1 is 0.833 bits per heavy atom. The monoisotopic (exact) mass is 260 g/mol. The van der Waals surface area contributed by atoms with E-state index in [0.717, 1.165) is 12.8 Å². The molecule has 0 fully saturated rings. The Balaban J connectivity index is 3.74. The standard InChI is InChI=1S/C15H32O3/c1-5-6-7-8-9-10-11-12-13(16)15(4,18)14(2,3)17/h13,16-18H,5-12H2,1-4H3. The van der Waals surface area contributed by atoms with Crippen LogP contribution in [0.2, 0.25) is 0 Å². The lowest BCUT2D eigenvalue weighted by molar-refractivity contribution is -0.178. The summed E-state index contributed by atoms with van der Waals surface area (Å²) in [6.45, 7) is 6.76. The molecule has 0 saturated heterocycles. The third-order valence-corrected chi connectivity index (χ3v) is 3.97. The minimum absolute atomic E-state index is 0.546. The van der Waals surface area contributed by atoms with E-state index in [1.165, 1.54) is 52.9 Å². The largest absolute Gasteiger partial charge is 0.390 e. The fourth-order valence-corrected chi connectivity index (χ4v) is 1.98. The second-order valence-corrected chi connectivity index (χ2v) is 6.13. The van der Waals surface area contributed by atoms with Gasteiger partial charge in [-0.1, -0.05) is 51.9 Å². The van der Waals surface area contributed by atoms with E-state index < -0.39 is 17.3 Å². The Labute approximate surface area is 112 Å². The summed E-state index contributed by atoms with van der Waals surface area (Å²) in [4.78, 5) is 0. The molecule has 3 N–H and O–H groups in total. The van der Waals surface area contributed by atoms with E-state index in [-0.39, 0.29) is 0 Å². The summed E-state index contributed by atoms with van der Waals surface area (Å²) in [7, 11) is 0. The van der Waals surface area contributed by atoms with Gasteiger partial charge in [-0.25, -0.2) is 0 Å². The molecule has 3 nitrogen and oxygen atoms in total. The average molecular weight is 260 g/mol. The van der Waals surface area contributed by atoms with Gasteiger partial charge in [-0.3, -0.25) is 0 Å². The number of hydrogen-bond donors (Lipinski definition) is 3. The van der Waals surface area contributed by atoms with Crippen LogP contribution in [0, 0.1) is 0 Å². The van der Waals surface area contributed by atoms with Gasteiger partial charge in [0, 0.05) is 0 Å².